The van der Waals surface area contributed by atoms with Crippen LogP contribution in [0.2, 0.25) is 0 Å². The molecule has 0 amide bonds. The molecular formula is C50H50N2. The van der Waals surface area contributed by atoms with Crippen molar-refractivity contribution in [1.29, 1.82) is 0 Å². The third kappa shape index (κ3) is 6.23. The molecule has 0 heterocycles. The lowest BCUT2D eigenvalue weighted by molar-refractivity contribution is 0.272. The van der Waals surface area contributed by atoms with Crippen molar-refractivity contribution in [1.82, 2.24) is 0 Å². The molecule has 3 fully saturated rings. The number of hydrogen-bond donors (Lipinski definition) is 0. The van der Waals surface area contributed by atoms with Crippen molar-refractivity contribution in [3.63, 3.8) is 0 Å². The van der Waals surface area contributed by atoms with Gasteiger partial charge in [0.15, 0.2) is 0 Å². The minimum Gasteiger partial charge on any atom is -0.311 e. The van der Waals surface area contributed by atoms with Crippen molar-refractivity contribution in [2.24, 2.45) is 17.8 Å². The summed E-state index contributed by atoms with van der Waals surface area (Å²) in [6.45, 7) is 2.45. The topological polar surface area (TPSA) is 6.48 Å². The van der Waals surface area contributed by atoms with Crippen molar-refractivity contribution in [2.75, 3.05) is 9.80 Å². The first-order valence-electron chi connectivity index (χ1n) is 19.7. The number of benzene rings is 6. The van der Waals surface area contributed by atoms with Crippen LogP contribution in [0.4, 0.5) is 34.1 Å². The van der Waals surface area contributed by atoms with Gasteiger partial charge >= 0.3 is 0 Å². The van der Waals surface area contributed by atoms with E-state index >= 15 is 0 Å². The maximum absolute atomic E-state index is 2.45. The van der Waals surface area contributed by atoms with Gasteiger partial charge in [0.1, 0.15) is 0 Å². The quantitative estimate of drug-likeness (QED) is 0.150. The van der Waals surface area contributed by atoms with Crippen LogP contribution in [-0.4, -0.2) is 0 Å². The number of para-hydroxylation sites is 3. The maximum Gasteiger partial charge on any atom is 0.0461 e. The van der Waals surface area contributed by atoms with Crippen LogP contribution in [0.15, 0.2) is 164 Å². The monoisotopic (exact) mass is 678 g/mol. The van der Waals surface area contributed by atoms with E-state index in [0.29, 0.717) is 5.92 Å². The predicted molar refractivity (Wildman–Crippen MR) is 219 cm³/mol. The van der Waals surface area contributed by atoms with Crippen molar-refractivity contribution in [3.8, 4) is 0 Å². The van der Waals surface area contributed by atoms with Crippen molar-refractivity contribution < 1.29 is 0 Å². The third-order valence-electron chi connectivity index (χ3n) is 12.7. The van der Waals surface area contributed by atoms with E-state index in [0.717, 1.165) is 17.8 Å². The normalized spacial score (nSPS) is 23.7. The molecular weight excluding hydrogens is 629 g/mol. The second kappa shape index (κ2) is 14.2. The zero-order chi connectivity index (χ0) is 34.9. The minimum atomic E-state index is -0.0149. The Hall–Kier alpha value is -5.08. The van der Waals surface area contributed by atoms with Gasteiger partial charge in [0.25, 0.3) is 0 Å². The van der Waals surface area contributed by atoms with Crippen LogP contribution in [-0.2, 0) is 5.41 Å². The summed E-state index contributed by atoms with van der Waals surface area (Å²) < 4.78 is 0. The summed E-state index contributed by atoms with van der Waals surface area (Å²) in [5, 5.41) is 0. The highest BCUT2D eigenvalue weighted by atomic mass is 15.1. The number of hydrogen-bond acceptors (Lipinski definition) is 2. The van der Waals surface area contributed by atoms with E-state index in [-0.39, 0.29) is 5.41 Å². The highest BCUT2D eigenvalue weighted by Gasteiger charge is 2.40. The zero-order valence-corrected chi connectivity index (χ0v) is 30.4. The number of fused-ring (bicyclic) bond motifs is 2. The van der Waals surface area contributed by atoms with Gasteiger partial charge in [0.05, 0.1) is 0 Å². The molecule has 0 aromatic heterocycles. The fourth-order valence-corrected chi connectivity index (χ4v) is 10.3. The van der Waals surface area contributed by atoms with E-state index in [1.54, 1.807) is 0 Å². The molecule has 3 aliphatic rings. The highest BCUT2D eigenvalue weighted by Crippen LogP contribution is 2.53. The Morgan fingerprint density at radius 1 is 0.462 bits per heavy atom. The van der Waals surface area contributed by atoms with Gasteiger partial charge in [0.2, 0.25) is 0 Å². The Kier molecular flexibility index (Phi) is 8.93. The van der Waals surface area contributed by atoms with E-state index in [4.69, 9.17) is 0 Å². The first-order valence-corrected chi connectivity index (χ1v) is 19.7. The molecule has 0 spiro atoms. The van der Waals surface area contributed by atoms with E-state index in [1.165, 1.54) is 102 Å². The van der Waals surface area contributed by atoms with Crippen molar-refractivity contribution in [2.45, 2.75) is 69.6 Å². The third-order valence-corrected chi connectivity index (χ3v) is 12.7. The van der Waals surface area contributed by atoms with E-state index < -0.39 is 0 Å². The van der Waals surface area contributed by atoms with Gasteiger partial charge in [-0.05, 0) is 145 Å². The van der Waals surface area contributed by atoms with Crippen molar-refractivity contribution in [3.05, 3.63) is 180 Å². The lowest BCUT2D eigenvalue weighted by atomic mass is 9.62. The molecule has 0 aliphatic heterocycles. The first kappa shape index (κ1) is 32.8. The molecule has 0 N–H and O–H groups in total. The lowest BCUT2D eigenvalue weighted by Gasteiger charge is -2.42. The summed E-state index contributed by atoms with van der Waals surface area (Å²) in [6, 6.07) is 61.0. The van der Waals surface area contributed by atoms with Crippen LogP contribution in [0.1, 0.15) is 80.9 Å². The fraction of sp³-hybridized carbons (Fsp3) is 0.280. The molecule has 3 saturated carbocycles. The molecule has 5 atom stereocenters. The van der Waals surface area contributed by atoms with Crippen LogP contribution in [0.3, 0.4) is 0 Å². The molecule has 6 aromatic carbocycles. The molecule has 0 saturated heterocycles. The van der Waals surface area contributed by atoms with Crippen molar-refractivity contribution >= 4 is 34.1 Å². The van der Waals surface area contributed by atoms with Gasteiger partial charge in [-0.3, -0.25) is 0 Å². The minimum absolute atomic E-state index is 0.0149. The average Bonchev–Trinajstić information content (AvgIpc) is 3.85. The standard InChI is InChI=1S/C50H50N2/c1-37-12-11-33-50(36-37,41-23-29-47(30-24-41)51(43-13-5-2-6-14-43)44-15-7-3-8-16-44)42-25-31-48(32-26-42)52(45-17-9-4-10-18-45)46-27-21-39(22-28-46)49-35-38-19-20-40(49)34-38/h2-10,13-18,21-32,37-38,40,49H,11-12,19-20,33-36H2,1H3. The summed E-state index contributed by atoms with van der Waals surface area (Å²) >= 11 is 0. The molecule has 2 heteroatoms. The van der Waals surface area contributed by atoms with Crippen LogP contribution in [0.25, 0.3) is 0 Å². The molecule has 0 radical (unpaired) electrons. The summed E-state index contributed by atoms with van der Waals surface area (Å²) in [5.74, 6) is 3.28. The van der Waals surface area contributed by atoms with Gasteiger partial charge < -0.3 is 9.80 Å². The maximum atomic E-state index is 2.45. The van der Waals surface area contributed by atoms with Gasteiger partial charge in [-0.15, -0.1) is 0 Å². The van der Waals surface area contributed by atoms with E-state index in [2.05, 4.69) is 181 Å². The SMILES string of the molecule is CC1CCCC(c2ccc(N(c3ccccc3)c3ccccc3)cc2)(c2ccc(N(c3ccccc3)c3ccc(C4CC5CCC4C5)cc3)cc2)C1. The Labute approximate surface area is 310 Å². The van der Waals surface area contributed by atoms with Crippen LogP contribution >= 0.6 is 0 Å². The molecule has 2 bridgehead atoms. The highest BCUT2D eigenvalue weighted by molar-refractivity contribution is 5.78. The number of rotatable bonds is 9. The Bertz CT molecular complexity index is 2020. The van der Waals surface area contributed by atoms with Crippen LogP contribution < -0.4 is 9.80 Å². The Morgan fingerprint density at radius 3 is 1.31 bits per heavy atom. The number of nitrogens with zero attached hydrogens (tertiary/aromatic N) is 2. The summed E-state index contributed by atoms with van der Waals surface area (Å²) in [6.07, 6.45) is 10.6. The van der Waals surface area contributed by atoms with Crippen LogP contribution in [0, 0.1) is 17.8 Å². The van der Waals surface area contributed by atoms with Gasteiger partial charge in [-0.2, -0.15) is 0 Å². The Balaban J connectivity index is 1.05. The molecule has 9 rings (SSSR count). The smallest absolute Gasteiger partial charge is 0.0461 e. The molecule has 3 aliphatic carbocycles. The summed E-state index contributed by atoms with van der Waals surface area (Å²) in [7, 11) is 0. The van der Waals surface area contributed by atoms with E-state index in [9.17, 15) is 0 Å². The fourth-order valence-electron chi connectivity index (χ4n) is 10.3. The second-order valence-electron chi connectivity index (χ2n) is 15.9. The largest absolute Gasteiger partial charge is 0.311 e. The summed E-state index contributed by atoms with van der Waals surface area (Å²) in [4.78, 5) is 4.79. The molecule has 6 aromatic rings. The Morgan fingerprint density at radius 2 is 0.904 bits per heavy atom. The van der Waals surface area contributed by atoms with E-state index in [1.807, 2.05) is 0 Å². The average molecular weight is 679 g/mol. The second-order valence-corrected chi connectivity index (χ2v) is 15.9. The lowest BCUT2D eigenvalue weighted by Crippen LogP contribution is -2.33. The molecule has 52 heavy (non-hydrogen) atoms. The van der Waals surface area contributed by atoms with Gasteiger partial charge in [0, 0.05) is 39.5 Å². The van der Waals surface area contributed by atoms with Gasteiger partial charge in [-0.25, -0.2) is 0 Å². The first-order chi connectivity index (χ1) is 25.6. The van der Waals surface area contributed by atoms with Crippen LogP contribution in [0.5, 0.6) is 0 Å². The number of anilines is 6. The molecule has 2 nitrogen and oxygen atoms in total. The summed E-state index contributed by atoms with van der Waals surface area (Å²) in [5.41, 5.74) is 11.5. The zero-order valence-electron chi connectivity index (χ0n) is 30.4. The predicted octanol–water partition coefficient (Wildman–Crippen LogP) is 14.0. The molecule has 260 valence electrons. The molecule has 5 unspecified atom stereocenters. The van der Waals surface area contributed by atoms with Gasteiger partial charge in [-0.1, -0.05) is 117 Å².